The van der Waals surface area contributed by atoms with Crippen LogP contribution in [0.4, 0.5) is 0 Å². The van der Waals surface area contributed by atoms with Crippen LogP contribution in [0.1, 0.15) is 32.6 Å². The molecule has 62 valence electrons. The van der Waals surface area contributed by atoms with Crippen molar-refractivity contribution in [2.75, 3.05) is 0 Å². The Morgan fingerprint density at radius 3 is 3.09 bits per heavy atom. The highest BCUT2D eigenvalue weighted by atomic mass is 14.7. The molecule has 1 aliphatic carbocycles. The monoisotopic (exact) mass is 151 g/mol. The Balaban J connectivity index is 2.68. The summed E-state index contributed by atoms with van der Waals surface area (Å²) in [5.41, 5.74) is 7.46. The van der Waals surface area contributed by atoms with Crippen LogP contribution in [-0.4, -0.2) is 5.54 Å². The molecule has 1 heteroatoms. The van der Waals surface area contributed by atoms with Gasteiger partial charge in [0.2, 0.25) is 0 Å². The highest BCUT2D eigenvalue weighted by Crippen LogP contribution is 2.26. The second-order valence-electron chi connectivity index (χ2n) is 3.57. The first-order chi connectivity index (χ1) is 5.16. The van der Waals surface area contributed by atoms with E-state index < -0.39 is 0 Å². The molecule has 0 aromatic rings. The molecule has 0 radical (unpaired) electrons. The van der Waals surface area contributed by atoms with Gasteiger partial charge >= 0.3 is 0 Å². The summed E-state index contributed by atoms with van der Waals surface area (Å²) in [6.45, 7) is 5.87. The van der Waals surface area contributed by atoms with Gasteiger partial charge in [0.05, 0.1) is 0 Å². The number of allylic oxidation sites excluding steroid dienone is 1. The molecule has 0 fully saturated rings. The standard InChI is InChI=1S/C10H17N/c1-3-6-10(11)7-4-5-9(2)8-10/h3,8H,1,4-7,11H2,2H3. The summed E-state index contributed by atoms with van der Waals surface area (Å²) in [5.74, 6) is 0. The lowest BCUT2D eigenvalue weighted by atomic mass is 9.83. The molecule has 1 rings (SSSR count). The van der Waals surface area contributed by atoms with Crippen molar-refractivity contribution in [3.63, 3.8) is 0 Å². The quantitative estimate of drug-likeness (QED) is 0.602. The van der Waals surface area contributed by atoms with E-state index in [2.05, 4.69) is 19.6 Å². The van der Waals surface area contributed by atoms with Gasteiger partial charge in [-0.1, -0.05) is 17.7 Å². The summed E-state index contributed by atoms with van der Waals surface area (Å²) >= 11 is 0. The van der Waals surface area contributed by atoms with Gasteiger partial charge in [-0.2, -0.15) is 0 Å². The van der Waals surface area contributed by atoms with E-state index in [1.165, 1.54) is 18.4 Å². The normalized spacial score (nSPS) is 31.3. The lowest BCUT2D eigenvalue weighted by Gasteiger charge is -2.29. The van der Waals surface area contributed by atoms with Gasteiger partial charge in [0.25, 0.3) is 0 Å². The first-order valence-corrected chi connectivity index (χ1v) is 4.24. The topological polar surface area (TPSA) is 26.0 Å². The maximum absolute atomic E-state index is 6.11. The first kappa shape index (κ1) is 8.54. The Labute approximate surface area is 69.0 Å². The molecular weight excluding hydrogens is 134 g/mol. The summed E-state index contributed by atoms with van der Waals surface area (Å²) < 4.78 is 0. The van der Waals surface area contributed by atoms with Crippen molar-refractivity contribution in [2.24, 2.45) is 5.73 Å². The molecule has 0 heterocycles. The molecule has 0 amide bonds. The van der Waals surface area contributed by atoms with Gasteiger partial charge in [-0.15, -0.1) is 6.58 Å². The van der Waals surface area contributed by atoms with Crippen LogP contribution in [-0.2, 0) is 0 Å². The predicted molar refractivity (Wildman–Crippen MR) is 49.3 cm³/mol. The minimum Gasteiger partial charge on any atom is -0.322 e. The van der Waals surface area contributed by atoms with Gasteiger partial charge in [-0.25, -0.2) is 0 Å². The highest BCUT2D eigenvalue weighted by molar-refractivity contribution is 5.16. The fourth-order valence-corrected chi connectivity index (χ4v) is 1.76. The van der Waals surface area contributed by atoms with Crippen molar-refractivity contribution in [3.05, 3.63) is 24.3 Å². The van der Waals surface area contributed by atoms with Crippen molar-refractivity contribution < 1.29 is 0 Å². The second kappa shape index (κ2) is 3.22. The molecule has 11 heavy (non-hydrogen) atoms. The molecule has 0 spiro atoms. The Bertz CT molecular complexity index is 181. The average molecular weight is 151 g/mol. The predicted octanol–water partition coefficient (Wildman–Crippen LogP) is 2.39. The lowest BCUT2D eigenvalue weighted by Crippen LogP contribution is -2.38. The van der Waals surface area contributed by atoms with E-state index in [-0.39, 0.29) is 5.54 Å². The third-order valence-electron chi connectivity index (χ3n) is 2.27. The molecule has 0 aromatic heterocycles. The minimum atomic E-state index is -0.0793. The smallest absolute Gasteiger partial charge is 0.0376 e. The summed E-state index contributed by atoms with van der Waals surface area (Å²) in [5, 5.41) is 0. The summed E-state index contributed by atoms with van der Waals surface area (Å²) in [7, 11) is 0. The molecule has 1 nitrogen and oxygen atoms in total. The van der Waals surface area contributed by atoms with E-state index in [1.54, 1.807) is 0 Å². The van der Waals surface area contributed by atoms with Crippen LogP contribution in [0, 0.1) is 0 Å². The second-order valence-corrected chi connectivity index (χ2v) is 3.57. The van der Waals surface area contributed by atoms with Crippen molar-refractivity contribution in [1.82, 2.24) is 0 Å². The van der Waals surface area contributed by atoms with Crippen LogP contribution < -0.4 is 5.73 Å². The zero-order chi connectivity index (χ0) is 8.32. The molecule has 0 saturated carbocycles. The van der Waals surface area contributed by atoms with Crippen LogP contribution in [0.5, 0.6) is 0 Å². The van der Waals surface area contributed by atoms with E-state index in [1.807, 2.05) is 6.08 Å². The van der Waals surface area contributed by atoms with Gasteiger partial charge < -0.3 is 5.73 Å². The zero-order valence-corrected chi connectivity index (χ0v) is 7.27. The largest absolute Gasteiger partial charge is 0.322 e. The molecule has 2 N–H and O–H groups in total. The lowest BCUT2D eigenvalue weighted by molar-refractivity contribution is 0.448. The Hall–Kier alpha value is -0.560. The summed E-state index contributed by atoms with van der Waals surface area (Å²) in [4.78, 5) is 0. The van der Waals surface area contributed by atoms with E-state index >= 15 is 0 Å². The third kappa shape index (κ3) is 2.19. The molecule has 0 aliphatic heterocycles. The van der Waals surface area contributed by atoms with Crippen molar-refractivity contribution >= 4 is 0 Å². The fraction of sp³-hybridized carbons (Fsp3) is 0.600. The molecule has 1 unspecified atom stereocenters. The van der Waals surface area contributed by atoms with Gasteiger partial charge in [-0.05, 0) is 32.6 Å². The van der Waals surface area contributed by atoms with E-state index in [0.717, 1.165) is 12.8 Å². The molecule has 0 aromatic carbocycles. The van der Waals surface area contributed by atoms with E-state index in [0.29, 0.717) is 0 Å². The zero-order valence-electron chi connectivity index (χ0n) is 7.27. The fourth-order valence-electron chi connectivity index (χ4n) is 1.76. The van der Waals surface area contributed by atoms with Gasteiger partial charge in [0.1, 0.15) is 0 Å². The highest BCUT2D eigenvalue weighted by Gasteiger charge is 2.23. The molecule has 0 bridgehead atoms. The van der Waals surface area contributed by atoms with Crippen molar-refractivity contribution in [2.45, 2.75) is 38.1 Å². The average Bonchev–Trinajstić information content (AvgIpc) is 1.86. The van der Waals surface area contributed by atoms with Crippen LogP contribution in [0.3, 0.4) is 0 Å². The number of hydrogen-bond donors (Lipinski definition) is 1. The van der Waals surface area contributed by atoms with Crippen molar-refractivity contribution in [1.29, 1.82) is 0 Å². The van der Waals surface area contributed by atoms with Crippen LogP contribution in [0.2, 0.25) is 0 Å². The SMILES string of the molecule is C=CCC1(N)C=C(C)CCC1. The van der Waals surface area contributed by atoms with Gasteiger partial charge in [0, 0.05) is 5.54 Å². The Morgan fingerprint density at radius 1 is 1.82 bits per heavy atom. The van der Waals surface area contributed by atoms with Gasteiger partial charge in [-0.3, -0.25) is 0 Å². The Kier molecular flexibility index (Phi) is 2.50. The number of nitrogens with two attached hydrogens (primary N) is 1. The first-order valence-electron chi connectivity index (χ1n) is 4.24. The van der Waals surface area contributed by atoms with E-state index in [4.69, 9.17) is 5.73 Å². The molecular formula is C10H17N. The van der Waals surface area contributed by atoms with Crippen LogP contribution in [0.25, 0.3) is 0 Å². The third-order valence-corrected chi connectivity index (χ3v) is 2.27. The molecule has 1 aliphatic rings. The Morgan fingerprint density at radius 2 is 2.55 bits per heavy atom. The molecule has 0 saturated heterocycles. The van der Waals surface area contributed by atoms with E-state index in [9.17, 15) is 0 Å². The number of hydrogen-bond acceptors (Lipinski definition) is 1. The maximum Gasteiger partial charge on any atom is 0.0376 e. The van der Waals surface area contributed by atoms with Crippen molar-refractivity contribution in [3.8, 4) is 0 Å². The molecule has 1 atom stereocenters. The number of rotatable bonds is 2. The van der Waals surface area contributed by atoms with Crippen LogP contribution in [0.15, 0.2) is 24.3 Å². The summed E-state index contributed by atoms with van der Waals surface area (Å²) in [6, 6.07) is 0. The summed E-state index contributed by atoms with van der Waals surface area (Å²) in [6.07, 6.45) is 8.58. The van der Waals surface area contributed by atoms with Crippen LogP contribution >= 0.6 is 0 Å². The van der Waals surface area contributed by atoms with Gasteiger partial charge in [0.15, 0.2) is 0 Å². The maximum atomic E-state index is 6.11. The minimum absolute atomic E-state index is 0.0793.